The van der Waals surface area contributed by atoms with Crippen LogP contribution in [0.5, 0.6) is 5.75 Å². The van der Waals surface area contributed by atoms with Gasteiger partial charge in [0.15, 0.2) is 0 Å². The number of hydrogen-bond donors (Lipinski definition) is 2. The molecule has 3 nitrogen and oxygen atoms in total. The van der Waals surface area contributed by atoms with Crippen LogP contribution in [0.15, 0.2) is 18.2 Å². The number of alkyl halides is 3. The summed E-state index contributed by atoms with van der Waals surface area (Å²) in [5.41, 5.74) is -0.0851. The third-order valence-corrected chi connectivity index (χ3v) is 2.94. The van der Waals surface area contributed by atoms with Crippen LogP contribution in [-0.4, -0.2) is 26.7 Å². The average Bonchev–Trinajstić information content (AvgIpc) is 2.38. The maximum absolute atomic E-state index is 12.8. The lowest BCUT2D eigenvalue weighted by atomic mass is 10.0. The molecule has 2 N–H and O–H groups in total. The van der Waals surface area contributed by atoms with Crippen LogP contribution >= 0.6 is 12.4 Å². The van der Waals surface area contributed by atoms with Gasteiger partial charge in [0.25, 0.3) is 0 Å². The van der Waals surface area contributed by atoms with Gasteiger partial charge in [-0.15, -0.1) is 12.4 Å². The number of methoxy groups -OCH3 is 1. The van der Waals surface area contributed by atoms with E-state index in [-0.39, 0.29) is 24.2 Å². The zero-order chi connectivity index (χ0) is 13.2. The van der Waals surface area contributed by atoms with Gasteiger partial charge in [0, 0.05) is 25.7 Å². The summed E-state index contributed by atoms with van der Waals surface area (Å²) < 4.78 is 43.2. The second-order valence-electron chi connectivity index (χ2n) is 4.20. The number of nitrogens with one attached hydrogen (secondary N) is 2. The summed E-state index contributed by atoms with van der Waals surface area (Å²) in [6, 6.07) is 3.71. The average molecular weight is 297 g/mol. The van der Waals surface area contributed by atoms with E-state index < -0.39 is 11.7 Å². The second-order valence-corrected chi connectivity index (χ2v) is 4.20. The van der Waals surface area contributed by atoms with Crippen LogP contribution in [0.25, 0.3) is 0 Å². The van der Waals surface area contributed by atoms with Crippen LogP contribution < -0.4 is 15.4 Å². The Kier molecular flexibility index (Phi) is 5.46. The minimum atomic E-state index is -4.36. The molecular formula is C12H16ClF3N2O. The van der Waals surface area contributed by atoms with Crippen LogP contribution in [0.1, 0.15) is 17.2 Å². The quantitative estimate of drug-likeness (QED) is 0.879. The Bertz CT molecular complexity index is 420. The van der Waals surface area contributed by atoms with Gasteiger partial charge in [-0.05, 0) is 23.8 Å². The minimum Gasteiger partial charge on any atom is -0.497 e. The van der Waals surface area contributed by atoms with Crippen molar-refractivity contribution < 1.29 is 17.9 Å². The van der Waals surface area contributed by atoms with Gasteiger partial charge in [0.1, 0.15) is 5.75 Å². The summed E-state index contributed by atoms with van der Waals surface area (Å²) in [4.78, 5) is 0. The molecule has 1 atom stereocenters. The highest BCUT2D eigenvalue weighted by molar-refractivity contribution is 5.85. The maximum Gasteiger partial charge on any atom is 0.416 e. The first-order valence-electron chi connectivity index (χ1n) is 5.71. The SMILES string of the molecule is COc1cc([C@@H]2CNCCN2)cc(C(F)(F)F)c1.Cl. The van der Waals surface area contributed by atoms with Crippen molar-refractivity contribution >= 4 is 12.4 Å². The largest absolute Gasteiger partial charge is 0.497 e. The third-order valence-electron chi connectivity index (χ3n) is 2.94. The van der Waals surface area contributed by atoms with E-state index in [0.29, 0.717) is 12.1 Å². The molecule has 0 radical (unpaired) electrons. The molecule has 0 bridgehead atoms. The molecule has 0 saturated carbocycles. The Labute approximate surface area is 115 Å². The molecule has 0 aliphatic carbocycles. The van der Waals surface area contributed by atoms with Crippen molar-refractivity contribution in [2.24, 2.45) is 0 Å². The van der Waals surface area contributed by atoms with Crippen molar-refractivity contribution in [1.82, 2.24) is 10.6 Å². The molecule has 1 aliphatic heterocycles. The van der Waals surface area contributed by atoms with Gasteiger partial charge < -0.3 is 15.4 Å². The smallest absolute Gasteiger partial charge is 0.416 e. The molecule has 1 aromatic carbocycles. The maximum atomic E-state index is 12.8. The van der Waals surface area contributed by atoms with E-state index in [1.54, 1.807) is 6.07 Å². The molecule has 7 heteroatoms. The standard InChI is InChI=1S/C12H15F3N2O.ClH/c1-18-10-5-8(11-7-16-2-3-17-11)4-9(6-10)12(13,14)15;/h4-6,11,16-17H,2-3,7H2,1H3;1H/t11-;/m0./s1. The van der Waals surface area contributed by atoms with Gasteiger partial charge in [0.05, 0.1) is 12.7 Å². The molecule has 1 fully saturated rings. The zero-order valence-electron chi connectivity index (χ0n) is 10.4. The second kappa shape index (κ2) is 6.45. The predicted molar refractivity (Wildman–Crippen MR) is 68.9 cm³/mol. The van der Waals surface area contributed by atoms with E-state index in [9.17, 15) is 13.2 Å². The van der Waals surface area contributed by atoms with Crippen molar-refractivity contribution in [3.63, 3.8) is 0 Å². The third kappa shape index (κ3) is 3.99. The van der Waals surface area contributed by atoms with Crippen molar-refractivity contribution in [3.05, 3.63) is 29.3 Å². The van der Waals surface area contributed by atoms with E-state index in [0.717, 1.165) is 19.2 Å². The molecule has 0 spiro atoms. The van der Waals surface area contributed by atoms with Crippen molar-refractivity contribution in [2.75, 3.05) is 26.7 Å². The monoisotopic (exact) mass is 296 g/mol. The van der Waals surface area contributed by atoms with Crippen LogP contribution in [0.4, 0.5) is 13.2 Å². The normalized spacial score (nSPS) is 19.7. The van der Waals surface area contributed by atoms with E-state index >= 15 is 0 Å². The Morgan fingerprint density at radius 3 is 2.47 bits per heavy atom. The Morgan fingerprint density at radius 2 is 1.95 bits per heavy atom. The van der Waals surface area contributed by atoms with Crippen LogP contribution in [0, 0.1) is 0 Å². The molecule has 0 unspecified atom stereocenters. The van der Waals surface area contributed by atoms with Gasteiger partial charge in [-0.2, -0.15) is 13.2 Å². The molecule has 1 heterocycles. The van der Waals surface area contributed by atoms with Crippen molar-refractivity contribution in [3.8, 4) is 5.75 Å². The first-order valence-corrected chi connectivity index (χ1v) is 5.71. The lowest BCUT2D eigenvalue weighted by Gasteiger charge is -2.25. The number of hydrogen-bond acceptors (Lipinski definition) is 3. The highest BCUT2D eigenvalue weighted by atomic mass is 35.5. The van der Waals surface area contributed by atoms with Gasteiger partial charge >= 0.3 is 6.18 Å². The number of halogens is 4. The van der Waals surface area contributed by atoms with Gasteiger partial charge in [-0.25, -0.2) is 0 Å². The Hall–Kier alpha value is -0.980. The molecule has 2 rings (SSSR count). The lowest BCUT2D eigenvalue weighted by molar-refractivity contribution is -0.137. The van der Waals surface area contributed by atoms with E-state index in [1.807, 2.05) is 0 Å². The first-order chi connectivity index (χ1) is 8.50. The molecule has 0 aromatic heterocycles. The van der Waals surface area contributed by atoms with Gasteiger partial charge in [-0.3, -0.25) is 0 Å². The summed E-state index contributed by atoms with van der Waals surface area (Å²) in [7, 11) is 1.37. The van der Waals surface area contributed by atoms with Crippen LogP contribution in [0.2, 0.25) is 0 Å². The lowest BCUT2D eigenvalue weighted by Crippen LogP contribution is -2.42. The summed E-state index contributed by atoms with van der Waals surface area (Å²) in [6.07, 6.45) is -4.36. The molecule has 0 amide bonds. The summed E-state index contributed by atoms with van der Waals surface area (Å²) in [5.74, 6) is 0.229. The van der Waals surface area contributed by atoms with Crippen LogP contribution in [-0.2, 0) is 6.18 Å². The molecular weight excluding hydrogens is 281 g/mol. The summed E-state index contributed by atoms with van der Waals surface area (Å²) in [6.45, 7) is 2.18. The molecule has 108 valence electrons. The first kappa shape index (κ1) is 16.1. The van der Waals surface area contributed by atoms with E-state index in [2.05, 4.69) is 10.6 Å². The van der Waals surface area contributed by atoms with E-state index in [4.69, 9.17) is 4.74 Å². The molecule has 19 heavy (non-hydrogen) atoms. The number of ether oxygens (including phenoxy) is 1. The number of rotatable bonds is 2. The van der Waals surface area contributed by atoms with Crippen molar-refractivity contribution in [2.45, 2.75) is 12.2 Å². The Morgan fingerprint density at radius 1 is 1.21 bits per heavy atom. The van der Waals surface area contributed by atoms with Crippen LogP contribution in [0.3, 0.4) is 0 Å². The fourth-order valence-electron chi connectivity index (χ4n) is 1.99. The predicted octanol–water partition coefficient (Wildman–Crippen LogP) is 2.37. The zero-order valence-corrected chi connectivity index (χ0v) is 11.2. The summed E-state index contributed by atoms with van der Waals surface area (Å²) in [5, 5.41) is 6.32. The van der Waals surface area contributed by atoms with Gasteiger partial charge in [0.2, 0.25) is 0 Å². The fraction of sp³-hybridized carbons (Fsp3) is 0.500. The highest BCUT2D eigenvalue weighted by Gasteiger charge is 2.32. The van der Waals surface area contributed by atoms with E-state index in [1.165, 1.54) is 13.2 Å². The number of piperazine rings is 1. The summed E-state index contributed by atoms with van der Waals surface area (Å²) >= 11 is 0. The Balaban J connectivity index is 0.00000180. The fourth-order valence-corrected chi connectivity index (χ4v) is 1.99. The van der Waals surface area contributed by atoms with Gasteiger partial charge in [-0.1, -0.05) is 0 Å². The number of benzene rings is 1. The highest BCUT2D eigenvalue weighted by Crippen LogP contribution is 2.34. The minimum absolute atomic E-state index is 0. The topological polar surface area (TPSA) is 33.3 Å². The molecule has 1 aliphatic rings. The van der Waals surface area contributed by atoms with Crippen molar-refractivity contribution in [1.29, 1.82) is 0 Å². The molecule has 1 aromatic rings. The molecule has 1 saturated heterocycles.